The summed E-state index contributed by atoms with van der Waals surface area (Å²) >= 11 is 0. The van der Waals surface area contributed by atoms with E-state index in [4.69, 9.17) is 9.47 Å². The molecule has 35 heavy (non-hydrogen) atoms. The number of morpholine rings is 1. The van der Waals surface area contributed by atoms with E-state index in [0.717, 1.165) is 19.6 Å². The number of rotatable bonds is 7. The molecule has 2 fully saturated rings. The van der Waals surface area contributed by atoms with Crippen LogP contribution in [0.2, 0.25) is 0 Å². The summed E-state index contributed by atoms with van der Waals surface area (Å²) < 4.78 is 23.5. The van der Waals surface area contributed by atoms with Crippen molar-refractivity contribution in [3.63, 3.8) is 0 Å². The molecular weight excluding hydrogens is 455 g/mol. The van der Waals surface area contributed by atoms with Gasteiger partial charge in [0.05, 0.1) is 37.5 Å². The van der Waals surface area contributed by atoms with E-state index < -0.39 is 29.5 Å². The van der Waals surface area contributed by atoms with E-state index in [-0.39, 0.29) is 16.9 Å². The first-order chi connectivity index (χ1) is 16.9. The number of hydrogen-bond acceptors (Lipinski definition) is 7. The van der Waals surface area contributed by atoms with E-state index in [1.54, 1.807) is 24.3 Å². The number of benzene rings is 2. The van der Waals surface area contributed by atoms with Crippen LogP contribution in [0.15, 0.2) is 54.1 Å². The summed E-state index contributed by atoms with van der Waals surface area (Å²) in [7, 11) is 1.28. The van der Waals surface area contributed by atoms with Gasteiger partial charge in [0.15, 0.2) is 0 Å². The van der Waals surface area contributed by atoms with Gasteiger partial charge in [0, 0.05) is 31.7 Å². The molecule has 0 aliphatic carbocycles. The number of methoxy groups -OCH3 is 1. The molecule has 2 aliphatic heterocycles. The summed E-state index contributed by atoms with van der Waals surface area (Å²) in [4.78, 5) is 41.7. The van der Waals surface area contributed by atoms with Gasteiger partial charge < -0.3 is 19.5 Å². The minimum atomic E-state index is -0.851. The van der Waals surface area contributed by atoms with Crippen LogP contribution in [-0.4, -0.2) is 79.1 Å². The van der Waals surface area contributed by atoms with Crippen molar-refractivity contribution < 1.29 is 33.4 Å². The van der Waals surface area contributed by atoms with E-state index in [1.165, 1.54) is 36.3 Å². The number of aliphatic hydroxyl groups excluding tert-OH is 1. The molecule has 2 aromatic carbocycles. The number of amides is 1. The standard InChI is InChI=1S/C26H27FN2O6/c1-34-26(33)19-5-3-17(4-6-19)22-21(23(30)18-7-9-20(27)10-8-18)24(31)25(32)29(22)12-2-11-28-13-15-35-16-14-28/h3-10,22,30H,2,11-16H2,1H3/b23-21+/t22-/m0/s1. The van der Waals surface area contributed by atoms with Gasteiger partial charge in [0.25, 0.3) is 11.7 Å². The number of hydrogen-bond donors (Lipinski definition) is 1. The van der Waals surface area contributed by atoms with Gasteiger partial charge in [-0.2, -0.15) is 0 Å². The van der Waals surface area contributed by atoms with Gasteiger partial charge in [-0.25, -0.2) is 9.18 Å². The van der Waals surface area contributed by atoms with E-state index in [1.807, 2.05) is 0 Å². The summed E-state index contributed by atoms with van der Waals surface area (Å²) in [6, 6.07) is 10.6. The van der Waals surface area contributed by atoms with Gasteiger partial charge in [0.1, 0.15) is 11.6 Å². The molecule has 1 atom stereocenters. The van der Waals surface area contributed by atoms with E-state index in [2.05, 4.69) is 4.90 Å². The molecule has 0 unspecified atom stereocenters. The molecular formula is C26H27FN2O6. The highest BCUT2D eigenvalue weighted by Gasteiger charge is 2.45. The van der Waals surface area contributed by atoms with E-state index in [9.17, 15) is 23.9 Å². The van der Waals surface area contributed by atoms with E-state index in [0.29, 0.717) is 37.3 Å². The van der Waals surface area contributed by atoms with Gasteiger partial charge in [-0.3, -0.25) is 14.5 Å². The molecule has 0 spiro atoms. The number of Topliss-reactive ketones (excluding diaryl/α,β-unsaturated/α-hetero) is 1. The van der Waals surface area contributed by atoms with Crippen LogP contribution in [0.25, 0.3) is 5.76 Å². The average molecular weight is 483 g/mol. The number of halogens is 1. The summed E-state index contributed by atoms with van der Waals surface area (Å²) in [5, 5.41) is 11.0. The van der Waals surface area contributed by atoms with Gasteiger partial charge in [-0.15, -0.1) is 0 Å². The molecule has 1 amide bonds. The largest absolute Gasteiger partial charge is 0.507 e. The molecule has 9 heteroatoms. The second kappa shape index (κ2) is 10.8. The first kappa shape index (κ1) is 24.6. The van der Waals surface area contributed by atoms with Crippen molar-refractivity contribution in [1.29, 1.82) is 0 Å². The molecule has 2 saturated heterocycles. The monoisotopic (exact) mass is 482 g/mol. The second-order valence-electron chi connectivity index (χ2n) is 8.42. The lowest BCUT2D eigenvalue weighted by molar-refractivity contribution is -0.140. The minimum absolute atomic E-state index is 0.0706. The topological polar surface area (TPSA) is 96.4 Å². The maximum Gasteiger partial charge on any atom is 0.337 e. The SMILES string of the molecule is COC(=O)c1ccc([C@H]2/C(=C(\O)c3ccc(F)cc3)C(=O)C(=O)N2CCCN2CCOCC2)cc1. The first-order valence-electron chi connectivity index (χ1n) is 11.4. The summed E-state index contributed by atoms with van der Waals surface area (Å²) in [5.41, 5.74) is 1.04. The molecule has 1 N–H and O–H groups in total. The van der Waals surface area contributed by atoms with Crippen LogP contribution < -0.4 is 0 Å². The van der Waals surface area contributed by atoms with Crippen LogP contribution in [0.4, 0.5) is 4.39 Å². The zero-order chi connectivity index (χ0) is 24.9. The first-order valence-corrected chi connectivity index (χ1v) is 11.4. The van der Waals surface area contributed by atoms with Crippen molar-refractivity contribution in [2.45, 2.75) is 12.5 Å². The highest BCUT2D eigenvalue weighted by Crippen LogP contribution is 2.39. The highest BCUT2D eigenvalue weighted by molar-refractivity contribution is 6.46. The van der Waals surface area contributed by atoms with Crippen LogP contribution in [0, 0.1) is 5.82 Å². The summed E-state index contributed by atoms with van der Waals surface area (Å²) in [6.07, 6.45) is 0.625. The average Bonchev–Trinajstić information content (AvgIpc) is 3.14. The molecule has 0 bridgehead atoms. The molecule has 2 heterocycles. The maximum absolute atomic E-state index is 13.4. The van der Waals surface area contributed by atoms with Gasteiger partial charge in [-0.1, -0.05) is 12.1 Å². The number of carbonyl (C=O) groups excluding carboxylic acids is 3. The van der Waals surface area contributed by atoms with Crippen molar-refractivity contribution in [1.82, 2.24) is 9.80 Å². The fourth-order valence-corrected chi connectivity index (χ4v) is 4.43. The maximum atomic E-state index is 13.4. The van der Waals surface area contributed by atoms with Gasteiger partial charge in [0.2, 0.25) is 0 Å². The Bertz CT molecular complexity index is 1120. The molecule has 0 saturated carbocycles. The predicted octanol–water partition coefficient (Wildman–Crippen LogP) is 2.76. The fourth-order valence-electron chi connectivity index (χ4n) is 4.43. The number of nitrogens with zero attached hydrogens (tertiary/aromatic N) is 2. The number of ether oxygens (including phenoxy) is 2. The summed E-state index contributed by atoms with van der Waals surface area (Å²) in [6.45, 7) is 3.97. The highest BCUT2D eigenvalue weighted by atomic mass is 19.1. The molecule has 0 radical (unpaired) electrons. The van der Waals surface area contributed by atoms with Crippen LogP contribution in [0.5, 0.6) is 0 Å². The third-order valence-corrected chi connectivity index (χ3v) is 6.28. The van der Waals surface area contributed by atoms with Crippen molar-refractivity contribution in [3.05, 3.63) is 76.6 Å². The Labute approximate surface area is 202 Å². The second-order valence-corrected chi connectivity index (χ2v) is 8.42. The number of ketones is 1. The Balaban J connectivity index is 1.68. The van der Waals surface area contributed by atoms with Crippen LogP contribution in [-0.2, 0) is 19.1 Å². The normalized spacial score (nSPS) is 20.3. The zero-order valence-corrected chi connectivity index (χ0v) is 19.4. The molecule has 4 rings (SSSR count). The number of aliphatic hydroxyl groups is 1. The van der Waals surface area contributed by atoms with Gasteiger partial charge in [-0.05, 0) is 48.4 Å². The molecule has 8 nitrogen and oxygen atoms in total. The smallest absolute Gasteiger partial charge is 0.337 e. The van der Waals surface area contributed by atoms with Crippen molar-refractivity contribution >= 4 is 23.4 Å². The van der Waals surface area contributed by atoms with E-state index >= 15 is 0 Å². The number of carbonyl (C=O) groups is 3. The Morgan fingerprint density at radius 3 is 2.29 bits per heavy atom. The number of likely N-dealkylation sites (tertiary alicyclic amines) is 1. The fraction of sp³-hybridized carbons (Fsp3) is 0.346. The van der Waals surface area contributed by atoms with Crippen LogP contribution in [0.1, 0.15) is 33.9 Å². The lowest BCUT2D eigenvalue weighted by Crippen LogP contribution is -2.39. The molecule has 0 aromatic heterocycles. The molecule has 2 aromatic rings. The predicted molar refractivity (Wildman–Crippen MR) is 125 cm³/mol. The Morgan fingerprint density at radius 2 is 1.66 bits per heavy atom. The summed E-state index contributed by atoms with van der Waals surface area (Å²) in [5.74, 6) is -2.89. The Morgan fingerprint density at radius 1 is 1.03 bits per heavy atom. The van der Waals surface area contributed by atoms with Crippen molar-refractivity contribution in [2.75, 3.05) is 46.5 Å². The van der Waals surface area contributed by atoms with Crippen LogP contribution in [0.3, 0.4) is 0 Å². The number of esters is 1. The molecule has 184 valence electrons. The zero-order valence-electron chi connectivity index (χ0n) is 19.4. The van der Waals surface area contributed by atoms with Crippen molar-refractivity contribution in [3.8, 4) is 0 Å². The quantitative estimate of drug-likeness (QED) is 0.281. The Hall–Kier alpha value is -3.56. The lowest BCUT2D eigenvalue weighted by Gasteiger charge is -2.29. The molecule has 2 aliphatic rings. The third kappa shape index (κ3) is 5.26. The lowest BCUT2D eigenvalue weighted by atomic mass is 9.94. The van der Waals surface area contributed by atoms with Crippen LogP contribution >= 0.6 is 0 Å². The minimum Gasteiger partial charge on any atom is -0.507 e. The third-order valence-electron chi connectivity index (χ3n) is 6.28. The van der Waals surface area contributed by atoms with Crippen molar-refractivity contribution in [2.24, 2.45) is 0 Å². The Kier molecular flexibility index (Phi) is 7.57. The van der Waals surface area contributed by atoms with Gasteiger partial charge >= 0.3 is 5.97 Å².